The molecule has 0 aliphatic carbocycles. The Labute approximate surface area is 186 Å². The van der Waals surface area contributed by atoms with Crippen LogP contribution in [0.2, 0.25) is 0 Å². The first kappa shape index (κ1) is 22.3. The molecule has 0 spiro atoms. The number of hydrogen-bond acceptors (Lipinski definition) is 5. The highest BCUT2D eigenvalue weighted by molar-refractivity contribution is 7.89. The van der Waals surface area contributed by atoms with E-state index in [1.165, 1.54) is 16.4 Å². The smallest absolute Gasteiger partial charge is 0.243 e. The lowest BCUT2D eigenvalue weighted by molar-refractivity contribution is -0.126. The van der Waals surface area contributed by atoms with Crippen molar-refractivity contribution in [2.45, 2.75) is 44.2 Å². The van der Waals surface area contributed by atoms with Gasteiger partial charge >= 0.3 is 0 Å². The molecule has 2 aromatic carbocycles. The van der Waals surface area contributed by atoms with Gasteiger partial charge in [0.25, 0.3) is 0 Å². The van der Waals surface area contributed by atoms with E-state index in [1.807, 2.05) is 6.92 Å². The summed E-state index contributed by atoms with van der Waals surface area (Å²) in [4.78, 5) is 12.7. The summed E-state index contributed by atoms with van der Waals surface area (Å²) in [6.07, 6.45) is 1.77. The maximum absolute atomic E-state index is 13.3. The lowest BCUT2D eigenvalue weighted by Crippen LogP contribution is -2.42. The van der Waals surface area contributed by atoms with Gasteiger partial charge in [0, 0.05) is 32.1 Å². The van der Waals surface area contributed by atoms with Gasteiger partial charge in [-0.1, -0.05) is 24.3 Å². The predicted molar refractivity (Wildman–Crippen MR) is 118 cm³/mol. The summed E-state index contributed by atoms with van der Waals surface area (Å²) >= 11 is 0. The number of sulfonamides is 1. The minimum atomic E-state index is -3.68. The zero-order chi connectivity index (χ0) is 22.7. The third kappa shape index (κ3) is 4.66. The molecule has 1 aliphatic heterocycles. The fraction of sp³-hybridized carbons (Fsp3) is 0.409. The molecule has 8 nitrogen and oxygen atoms in total. The van der Waals surface area contributed by atoms with E-state index in [0.29, 0.717) is 23.9 Å². The Kier molecular flexibility index (Phi) is 6.52. The van der Waals surface area contributed by atoms with Crippen molar-refractivity contribution in [1.29, 1.82) is 0 Å². The van der Waals surface area contributed by atoms with Crippen molar-refractivity contribution in [3.05, 3.63) is 53.8 Å². The fourth-order valence-corrected chi connectivity index (χ4v) is 5.47. The standard InChI is InChI=1S/C22H26FN5O3S/c1-2-10-28-21-7-6-19(14-20(21)25-26-28)32(30,31)27-11-8-17(9-12-27)22(29)24-15-16-4-3-5-18(23)13-16/h3-7,13-14,17H,2,8-12,15H2,1H3,(H,24,29). The van der Waals surface area contributed by atoms with E-state index < -0.39 is 10.0 Å². The number of aryl methyl sites for hydroxylation is 1. The van der Waals surface area contributed by atoms with E-state index in [4.69, 9.17) is 0 Å². The van der Waals surface area contributed by atoms with Crippen LogP contribution in [0.15, 0.2) is 47.4 Å². The second-order valence-corrected chi connectivity index (χ2v) is 9.93. The molecule has 10 heteroatoms. The molecular formula is C22H26FN5O3S. The highest BCUT2D eigenvalue weighted by atomic mass is 32.2. The zero-order valence-electron chi connectivity index (χ0n) is 17.9. The number of piperidine rings is 1. The number of benzene rings is 2. The molecule has 0 bridgehead atoms. The van der Waals surface area contributed by atoms with E-state index in [2.05, 4.69) is 15.6 Å². The highest BCUT2D eigenvalue weighted by Crippen LogP contribution is 2.26. The van der Waals surface area contributed by atoms with Crippen LogP contribution in [0.4, 0.5) is 4.39 Å². The maximum Gasteiger partial charge on any atom is 0.243 e. The Balaban J connectivity index is 1.37. The quantitative estimate of drug-likeness (QED) is 0.586. The summed E-state index contributed by atoms with van der Waals surface area (Å²) in [6, 6.07) is 11.0. The zero-order valence-corrected chi connectivity index (χ0v) is 18.7. The normalized spacial score (nSPS) is 15.8. The van der Waals surface area contributed by atoms with Gasteiger partial charge in [-0.15, -0.1) is 5.10 Å². The summed E-state index contributed by atoms with van der Waals surface area (Å²) in [5.41, 5.74) is 2.04. The van der Waals surface area contributed by atoms with Gasteiger partial charge in [-0.25, -0.2) is 17.5 Å². The number of aromatic nitrogens is 3. The molecule has 1 aromatic heterocycles. The molecule has 0 unspecified atom stereocenters. The van der Waals surface area contributed by atoms with Crippen LogP contribution in [0.1, 0.15) is 31.7 Å². The molecule has 1 N–H and O–H groups in total. The van der Waals surface area contributed by atoms with Crippen LogP contribution in [-0.4, -0.2) is 46.7 Å². The van der Waals surface area contributed by atoms with Gasteiger partial charge in [0.1, 0.15) is 11.3 Å². The molecule has 0 atom stereocenters. The molecule has 1 fully saturated rings. The van der Waals surface area contributed by atoms with Gasteiger partial charge in [0.15, 0.2) is 0 Å². The first-order valence-corrected chi connectivity index (χ1v) is 12.2. The molecule has 1 amide bonds. The molecular weight excluding hydrogens is 433 g/mol. The molecule has 4 rings (SSSR count). The average Bonchev–Trinajstić information content (AvgIpc) is 3.20. The largest absolute Gasteiger partial charge is 0.352 e. The van der Waals surface area contributed by atoms with Crippen LogP contribution in [-0.2, 0) is 27.9 Å². The lowest BCUT2D eigenvalue weighted by atomic mass is 9.97. The predicted octanol–water partition coefficient (Wildman–Crippen LogP) is 2.70. The lowest BCUT2D eigenvalue weighted by Gasteiger charge is -2.30. The van der Waals surface area contributed by atoms with Crippen LogP contribution in [0.5, 0.6) is 0 Å². The molecule has 0 saturated carbocycles. The molecule has 1 aliphatic rings. The number of carbonyl (C=O) groups is 1. The third-order valence-electron chi connectivity index (χ3n) is 5.74. The van der Waals surface area contributed by atoms with Crippen molar-refractivity contribution in [1.82, 2.24) is 24.6 Å². The number of rotatable bonds is 7. The Morgan fingerprint density at radius 3 is 2.69 bits per heavy atom. The number of hydrogen-bond donors (Lipinski definition) is 1. The van der Waals surface area contributed by atoms with Crippen LogP contribution in [0.25, 0.3) is 11.0 Å². The number of halogens is 1. The Hall–Kier alpha value is -2.85. The van der Waals surface area contributed by atoms with Gasteiger partial charge in [0.2, 0.25) is 15.9 Å². The third-order valence-corrected chi connectivity index (χ3v) is 7.63. The van der Waals surface area contributed by atoms with Crippen LogP contribution in [0.3, 0.4) is 0 Å². The topological polar surface area (TPSA) is 97.2 Å². The highest BCUT2D eigenvalue weighted by Gasteiger charge is 2.32. The Morgan fingerprint density at radius 2 is 1.97 bits per heavy atom. The van der Waals surface area contributed by atoms with Crippen molar-refractivity contribution in [3.63, 3.8) is 0 Å². The Morgan fingerprint density at radius 1 is 1.19 bits per heavy atom. The summed E-state index contributed by atoms with van der Waals surface area (Å²) in [6.45, 7) is 3.53. The van der Waals surface area contributed by atoms with Gasteiger partial charge in [0.05, 0.1) is 10.4 Å². The first-order chi connectivity index (χ1) is 15.4. The second-order valence-electron chi connectivity index (χ2n) is 7.99. The van der Waals surface area contributed by atoms with Gasteiger partial charge < -0.3 is 5.32 Å². The summed E-state index contributed by atoms with van der Waals surface area (Å²) in [5, 5.41) is 11.0. The van der Waals surface area contributed by atoms with Crippen molar-refractivity contribution in [2.24, 2.45) is 5.92 Å². The van der Waals surface area contributed by atoms with Gasteiger partial charge in [-0.05, 0) is 55.2 Å². The van der Waals surface area contributed by atoms with Crippen molar-refractivity contribution >= 4 is 27.0 Å². The van der Waals surface area contributed by atoms with Crippen molar-refractivity contribution in [3.8, 4) is 0 Å². The molecule has 1 saturated heterocycles. The minimum absolute atomic E-state index is 0.139. The minimum Gasteiger partial charge on any atom is -0.352 e. The average molecular weight is 460 g/mol. The van der Waals surface area contributed by atoms with Gasteiger partial charge in [-0.2, -0.15) is 4.31 Å². The second kappa shape index (κ2) is 9.33. The number of amides is 1. The molecule has 3 aromatic rings. The maximum atomic E-state index is 13.3. The molecule has 170 valence electrons. The summed E-state index contributed by atoms with van der Waals surface area (Å²) in [5.74, 6) is -0.756. The van der Waals surface area contributed by atoms with Gasteiger partial charge in [-0.3, -0.25) is 4.79 Å². The fourth-order valence-electron chi connectivity index (χ4n) is 3.98. The van der Waals surface area contributed by atoms with E-state index in [1.54, 1.807) is 35.0 Å². The first-order valence-electron chi connectivity index (χ1n) is 10.7. The van der Waals surface area contributed by atoms with E-state index >= 15 is 0 Å². The van der Waals surface area contributed by atoms with Crippen LogP contribution >= 0.6 is 0 Å². The van der Waals surface area contributed by atoms with Crippen molar-refractivity contribution in [2.75, 3.05) is 13.1 Å². The molecule has 32 heavy (non-hydrogen) atoms. The number of fused-ring (bicyclic) bond motifs is 1. The summed E-state index contributed by atoms with van der Waals surface area (Å²) < 4.78 is 42.7. The summed E-state index contributed by atoms with van der Waals surface area (Å²) in [7, 11) is -3.68. The van der Waals surface area contributed by atoms with Crippen LogP contribution < -0.4 is 5.32 Å². The SMILES string of the molecule is CCCn1nnc2cc(S(=O)(=O)N3CCC(C(=O)NCc4cccc(F)c4)CC3)ccc21. The van der Waals surface area contributed by atoms with Crippen LogP contribution in [0, 0.1) is 11.7 Å². The van der Waals surface area contributed by atoms with E-state index in [0.717, 1.165) is 18.5 Å². The van der Waals surface area contributed by atoms with Crippen molar-refractivity contribution < 1.29 is 17.6 Å². The number of carbonyl (C=O) groups excluding carboxylic acids is 1. The number of nitrogens with one attached hydrogen (secondary N) is 1. The molecule has 2 heterocycles. The van der Waals surface area contributed by atoms with E-state index in [9.17, 15) is 17.6 Å². The Bertz CT molecular complexity index is 1220. The van der Waals surface area contributed by atoms with E-state index in [-0.39, 0.29) is 42.2 Å². The molecule has 0 radical (unpaired) electrons. The monoisotopic (exact) mass is 459 g/mol. The number of nitrogens with zero attached hydrogens (tertiary/aromatic N) is 4.